The van der Waals surface area contributed by atoms with Crippen molar-refractivity contribution in [2.45, 2.75) is 26.0 Å². The third kappa shape index (κ3) is 4.18. The summed E-state index contributed by atoms with van der Waals surface area (Å²) < 4.78 is 11.7. The summed E-state index contributed by atoms with van der Waals surface area (Å²) in [6, 6.07) is 15.9. The number of carbonyl (C=O) groups excluding carboxylic acids is 1. The topological polar surface area (TPSA) is 102 Å². The number of nitrogens with zero attached hydrogens (tertiary/aromatic N) is 1. The number of hydrogen-bond acceptors (Lipinski definition) is 5. The maximum atomic E-state index is 12.9. The first-order valence-corrected chi connectivity index (χ1v) is 9.88. The normalized spacial score (nSPS) is 11.6. The van der Waals surface area contributed by atoms with Gasteiger partial charge in [0.05, 0.1) is 5.56 Å². The third-order valence-corrected chi connectivity index (χ3v) is 5.05. The summed E-state index contributed by atoms with van der Waals surface area (Å²) in [6.45, 7) is 2.80. The highest BCUT2D eigenvalue weighted by atomic mass is 35.5. The van der Waals surface area contributed by atoms with E-state index in [2.05, 4.69) is 10.3 Å². The third-order valence-electron chi connectivity index (χ3n) is 4.82. The molecule has 0 radical (unpaired) electrons. The Balaban J connectivity index is 1.69. The number of carboxylic acid groups (broad SMARTS) is 1. The monoisotopic (exact) mass is 438 g/mol. The second kappa shape index (κ2) is 7.92. The molecule has 0 unspecified atom stereocenters. The number of fused-ring (bicyclic) bond motifs is 2. The summed E-state index contributed by atoms with van der Waals surface area (Å²) in [5.41, 5.74) is -0.0565. The van der Waals surface area contributed by atoms with Crippen LogP contribution in [0.1, 0.15) is 30.1 Å². The zero-order valence-corrected chi connectivity index (χ0v) is 17.6. The average molecular weight is 439 g/mol. The number of benzene rings is 3. The Labute approximate surface area is 182 Å². The molecule has 0 aliphatic heterocycles. The molecule has 1 heterocycles. The molecule has 31 heavy (non-hydrogen) atoms. The van der Waals surface area contributed by atoms with Crippen molar-refractivity contribution in [1.29, 1.82) is 0 Å². The maximum absolute atomic E-state index is 12.9. The molecule has 8 heteroatoms. The molecular formula is C23H19ClN2O5. The van der Waals surface area contributed by atoms with Crippen LogP contribution < -0.4 is 10.1 Å². The lowest BCUT2D eigenvalue weighted by Gasteiger charge is -2.22. The molecule has 158 valence electrons. The fraction of sp³-hybridized carbons (Fsp3) is 0.174. The van der Waals surface area contributed by atoms with E-state index >= 15 is 0 Å². The van der Waals surface area contributed by atoms with Crippen LogP contribution in [-0.4, -0.2) is 27.5 Å². The molecular weight excluding hydrogens is 420 g/mol. The number of aromatic nitrogens is 1. The Bertz CT molecular complexity index is 1310. The zero-order chi connectivity index (χ0) is 22.2. The molecule has 0 saturated carbocycles. The first-order chi connectivity index (χ1) is 14.7. The second-order valence-electron chi connectivity index (χ2n) is 7.56. The van der Waals surface area contributed by atoms with Crippen LogP contribution in [0.3, 0.4) is 0 Å². The van der Waals surface area contributed by atoms with Crippen molar-refractivity contribution >= 4 is 45.3 Å². The van der Waals surface area contributed by atoms with Gasteiger partial charge in [-0.25, -0.2) is 9.78 Å². The fourth-order valence-electron chi connectivity index (χ4n) is 3.13. The van der Waals surface area contributed by atoms with Crippen LogP contribution in [0.2, 0.25) is 5.02 Å². The Morgan fingerprint density at radius 1 is 1.16 bits per heavy atom. The van der Waals surface area contributed by atoms with Crippen LogP contribution in [-0.2, 0) is 11.4 Å². The van der Waals surface area contributed by atoms with Crippen LogP contribution >= 0.6 is 11.6 Å². The van der Waals surface area contributed by atoms with Crippen LogP contribution in [0.15, 0.2) is 59.0 Å². The van der Waals surface area contributed by atoms with Gasteiger partial charge in [0.25, 0.3) is 5.91 Å². The van der Waals surface area contributed by atoms with Gasteiger partial charge in [0, 0.05) is 10.4 Å². The highest BCUT2D eigenvalue weighted by molar-refractivity contribution is 6.31. The predicted octanol–water partition coefficient (Wildman–Crippen LogP) is 4.81. The minimum absolute atomic E-state index is 0.0249. The van der Waals surface area contributed by atoms with Crippen molar-refractivity contribution in [2.24, 2.45) is 0 Å². The van der Waals surface area contributed by atoms with Gasteiger partial charge < -0.3 is 19.6 Å². The summed E-state index contributed by atoms with van der Waals surface area (Å²) >= 11 is 6.00. The van der Waals surface area contributed by atoms with E-state index in [1.165, 1.54) is 13.8 Å². The molecule has 0 aliphatic carbocycles. The van der Waals surface area contributed by atoms with Crippen LogP contribution in [0.4, 0.5) is 0 Å². The molecule has 0 aliphatic rings. The smallest absolute Gasteiger partial charge is 0.328 e. The number of carbonyl (C=O) groups is 2. The minimum Gasteiger partial charge on any atom is -0.482 e. The largest absolute Gasteiger partial charge is 0.482 e. The van der Waals surface area contributed by atoms with Gasteiger partial charge >= 0.3 is 5.97 Å². The summed E-state index contributed by atoms with van der Waals surface area (Å²) in [5, 5.41) is 14.0. The molecule has 4 aromatic rings. The quantitative estimate of drug-likeness (QED) is 0.448. The summed E-state index contributed by atoms with van der Waals surface area (Å²) in [7, 11) is 0. The molecule has 0 saturated heterocycles. The van der Waals surface area contributed by atoms with E-state index in [1.54, 1.807) is 30.3 Å². The molecule has 2 N–H and O–H groups in total. The Morgan fingerprint density at radius 3 is 2.71 bits per heavy atom. The van der Waals surface area contributed by atoms with Gasteiger partial charge in [-0.1, -0.05) is 41.9 Å². The van der Waals surface area contributed by atoms with Gasteiger partial charge in [-0.3, -0.25) is 4.79 Å². The Hall–Kier alpha value is -3.58. The number of nitrogens with one attached hydrogen (secondary N) is 1. The number of aliphatic carboxylic acids is 1. The van der Waals surface area contributed by atoms with E-state index in [4.69, 9.17) is 20.8 Å². The molecule has 4 rings (SSSR count). The van der Waals surface area contributed by atoms with E-state index in [9.17, 15) is 14.7 Å². The lowest BCUT2D eigenvalue weighted by Crippen LogP contribution is -2.49. The molecule has 7 nitrogen and oxygen atoms in total. The summed E-state index contributed by atoms with van der Waals surface area (Å²) in [6.07, 6.45) is 0. The Morgan fingerprint density at radius 2 is 1.94 bits per heavy atom. The SMILES string of the molecule is CC(C)(NC(=O)c1ccc2ccccc2c1OCc1nc2cc(Cl)ccc2o1)C(=O)O. The average Bonchev–Trinajstić information content (AvgIpc) is 3.13. The van der Waals surface area contributed by atoms with Crippen LogP contribution in [0, 0.1) is 0 Å². The van der Waals surface area contributed by atoms with E-state index < -0.39 is 17.4 Å². The van der Waals surface area contributed by atoms with Gasteiger partial charge in [-0.05, 0) is 43.5 Å². The van der Waals surface area contributed by atoms with Gasteiger partial charge in [0.1, 0.15) is 16.8 Å². The highest BCUT2D eigenvalue weighted by Gasteiger charge is 2.30. The molecule has 0 bridgehead atoms. The fourth-order valence-corrected chi connectivity index (χ4v) is 3.29. The van der Waals surface area contributed by atoms with Gasteiger partial charge in [-0.15, -0.1) is 0 Å². The van der Waals surface area contributed by atoms with E-state index in [-0.39, 0.29) is 12.2 Å². The molecule has 0 spiro atoms. The van der Waals surface area contributed by atoms with Crippen molar-refractivity contribution in [3.05, 3.63) is 71.1 Å². The highest BCUT2D eigenvalue weighted by Crippen LogP contribution is 2.31. The van der Waals surface area contributed by atoms with Crippen molar-refractivity contribution in [3.63, 3.8) is 0 Å². The summed E-state index contributed by atoms with van der Waals surface area (Å²) in [5.74, 6) is -1.06. The van der Waals surface area contributed by atoms with E-state index in [1.807, 2.05) is 24.3 Å². The van der Waals surface area contributed by atoms with Gasteiger partial charge in [0.2, 0.25) is 5.89 Å². The first-order valence-electron chi connectivity index (χ1n) is 9.50. The van der Waals surface area contributed by atoms with E-state index in [0.717, 1.165) is 5.39 Å². The second-order valence-corrected chi connectivity index (χ2v) is 7.99. The number of oxazole rings is 1. The molecule has 0 atom stereocenters. The number of rotatable bonds is 6. The van der Waals surface area contributed by atoms with Crippen molar-refractivity contribution in [2.75, 3.05) is 0 Å². The Kier molecular flexibility index (Phi) is 5.29. The number of halogens is 1. The lowest BCUT2D eigenvalue weighted by atomic mass is 10.0. The number of hydrogen-bond donors (Lipinski definition) is 2. The molecule has 0 fully saturated rings. The van der Waals surface area contributed by atoms with E-state index in [0.29, 0.717) is 33.1 Å². The van der Waals surface area contributed by atoms with Crippen molar-refractivity contribution in [1.82, 2.24) is 10.3 Å². The number of carboxylic acids is 1. The summed E-state index contributed by atoms with van der Waals surface area (Å²) in [4.78, 5) is 28.7. The first kappa shape index (κ1) is 20.7. The van der Waals surface area contributed by atoms with Crippen LogP contribution in [0.25, 0.3) is 21.9 Å². The maximum Gasteiger partial charge on any atom is 0.328 e. The zero-order valence-electron chi connectivity index (χ0n) is 16.8. The minimum atomic E-state index is -1.44. The number of ether oxygens (including phenoxy) is 1. The van der Waals surface area contributed by atoms with Gasteiger partial charge in [-0.2, -0.15) is 0 Å². The predicted molar refractivity (Wildman–Crippen MR) is 116 cm³/mol. The number of amides is 1. The van der Waals surface area contributed by atoms with Crippen molar-refractivity contribution < 1.29 is 23.8 Å². The lowest BCUT2D eigenvalue weighted by molar-refractivity contribution is -0.143. The molecule has 1 amide bonds. The van der Waals surface area contributed by atoms with Crippen molar-refractivity contribution in [3.8, 4) is 5.75 Å². The van der Waals surface area contributed by atoms with Crippen LogP contribution in [0.5, 0.6) is 5.75 Å². The standard InChI is InChI=1S/C23H19ClN2O5/c1-23(2,22(28)29)26-21(27)16-9-7-13-5-3-4-6-15(13)20(16)30-12-19-25-17-11-14(24)8-10-18(17)31-19/h3-11H,12H2,1-2H3,(H,26,27)(H,28,29). The molecule has 3 aromatic carbocycles. The molecule has 1 aromatic heterocycles. The van der Waals surface area contributed by atoms with Gasteiger partial charge in [0.15, 0.2) is 12.2 Å².